The lowest BCUT2D eigenvalue weighted by Gasteiger charge is -2.16. The van der Waals surface area contributed by atoms with Gasteiger partial charge >= 0.3 is 11.9 Å². The zero-order chi connectivity index (χ0) is 18.6. The Morgan fingerprint density at radius 3 is 2.32 bits per heavy atom. The zero-order valence-corrected chi connectivity index (χ0v) is 15.2. The lowest BCUT2D eigenvalue weighted by Crippen LogP contribution is -2.22. The smallest absolute Gasteiger partial charge is 0.351 e. The third-order valence-electron chi connectivity index (χ3n) is 3.62. The fraction of sp³-hybridized carbons (Fsp3) is 0.278. The average Bonchev–Trinajstić information content (AvgIpc) is 2.85. The van der Waals surface area contributed by atoms with Crippen LogP contribution in [0.5, 0.6) is 0 Å². The van der Waals surface area contributed by atoms with Crippen LogP contribution in [-0.2, 0) is 19.1 Å². The van der Waals surface area contributed by atoms with Crippen LogP contribution in [0, 0.1) is 13.8 Å². The maximum atomic E-state index is 12.7. The Labute approximate surface area is 149 Å². The molecule has 0 saturated heterocycles. The second-order valence-electron chi connectivity index (χ2n) is 5.39. The van der Waals surface area contributed by atoms with Crippen LogP contribution < -0.4 is 5.32 Å². The highest BCUT2D eigenvalue weighted by atomic mass is 32.1. The Hall–Kier alpha value is -2.67. The molecule has 1 unspecified atom stereocenters. The number of carbonyl (C=O) groups excluding carboxylic acids is 3. The van der Waals surface area contributed by atoms with E-state index in [-0.39, 0.29) is 11.5 Å². The van der Waals surface area contributed by atoms with Crippen molar-refractivity contribution in [3.8, 4) is 0 Å². The molecule has 0 aliphatic rings. The summed E-state index contributed by atoms with van der Waals surface area (Å²) < 4.78 is 10.2. The van der Waals surface area contributed by atoms with Crippen molar-refractivity contribution in [1.82, 2.24) is 0 Å². The molecular formula is C18H19NO5S. The molecule has 1 aromatic heterocycles. The number of ether oxygens (including phenoxy) is 2. The number of hydrogen-bond donors (Lipinski definition) is 1. The topological polar surface area (TPSA) is 81.7 Å². The SMILES string of the molecule is COC(=O)C(OC(=O)c1c(NC(C)=O)sc(C)c1C)c1ccccc1. The monoisotopic (exact) mass is 361 g/mol. The molecule has 0 aliphatic carbocycles. The van der Waals surface area contributed by atoms with E-state index in [2.05, 4.69) is 5.32 Å². The summed E-state index contributed by atoms with van der Waals surface area (Å²) in [7, 11) is 1.23. The lowest BCUT2D eigenvalue weighted by atomic mass is 10.1. The first-order valence-electron chi connectivity index (χ1n) is 7.56. The molecule has 1 aromatic carbocycles. The van der Waals surface area contributed by atoms with Crippen LogP contribution in [0.3, 0.4) is 0 Å². The number of aryl methyl sites for hydroxylation is 1. The van der Waals surface area contributed by atoms with Crippen molar-refractivity contribution in [1.29, 1.82) is 0 Å². The molecule has 0 spiro atoms. The molecule has 0 radical (unpaired) electrons. The van der Waals surface area contributed by atoms with Gasteiger partial charge in [-0.2, -0.15) is 0 Å². The Bertz CT molecular complexity index is 797. The minimum absolute atomic E-state index is 0.252. The summed E-state index contributed by atoms with van der Waals surface area (Å²) in [5, 5.41) is 3.04. The van der Waals surface area contributed by atoms with E-state index in [4.69, 9.17) is 9.47 Å². The highest BCUT2D eigenvalue weighted by Gasteiger charge is 2.29. The number of benzene rings is 1. The van der Waals surface area contributed by atoms with Gasteiger partial charge in [0.15, 0.2) is 0 Å². The summed E-state index contributed by atoms with van der Waals surface area (Å²) >= 11 is 1.29. The standard InChI is InChI=1S/C18H19NO5S/c1-10-11(2)25-16(19-12(3)20)14(10)17(21)24-15(18(22)23-4)13-8-6-5-7-9-13/h5-9,15H,1-4H3,(H,19,20). The molecule has 0 saturated carbocycles. The average molecular weight is 361 g/mol. The number of anilines is 1. The van der Waals surface area contributed by atoms with Crippen LogP contribution in [0.25, 0.3) is 0 Å². The first kappa shape index (κ1) is 18.7. The van der Waals surface area contributed by atoms with Crippen LogP contribution in [0.1, 0.15) is 39.4 Å². The summed E-state index contributed by atoms with van der Waals surface area (Å²) in [5.74, 6) is -1.65. The molecule has 0 bridgehead atoms. The molecule has 1 atom stereocenters. The van der Waals surface area contributed by atoms with Crippen LogP contribution in [0.2, 0.25) is 0 Å². The Morgan fingerprint density at radius 1 is 1.12 bits per heavy atom. The van der Waals surface area contributed by atoms with Gasteiger partial charge in [-0.3, -0.25) is 4.79 Å². The highest BCUT2D eigenvalue weighted by Crippen LogP contribution is 2.34. The number of thiophene rings is 1. The molecule has 6 nitrogen and oxygen atoms in total. The van der Waals surface area contributed by atoms with Crippen molar-refractivity contribution < 1.29 is 23.9 Å². The van der Waals surface area contributed by atoms with Gasteiger partial charge in [0, 0.05) is 17.4 Å². The number of hydrogen-bond acceptors (Lipinski definition) is 6. The van der Waals surface area contributed by atoms with Gasteiger partial charge in [0.2, 0.25) is 12.0 Å². The lowest BCUT2D eigenvalue weighted by molar-refractivity contribution is -0.151. The number of rotatable bonds is 5. The predicted octanol–water partition coefficient (Wildman–Crippen LogP) is 3.39. The maximum Gasteiger partial charge on any atom is 0.351 e. The van der Waals surface area contributed by atoms with E-state index in [0.717, 1.165) is 4.88 Å². The minimum Gasteiger partial charge on any atom is -0.466 e. The van der Waals surface area contributed by atoms with Crippen LogP contribution in [0.4, 0.5) is 5.00 Å². The molecular weight excluding hydrogens is 342 g/mol. The predicted molar refractivity (Wildman–Crippen MR) is 94.7 cm³/mol. The van der Waals surface area contributed by atoms with Crippen molar-refractivity contribution in [2.24, 2.45) is 0 Å². The third-order valence-corrected chi connectivity index (χ3v) is 4.74. The Balaban J connectivity index is 2.36. The van der Waals surface area contributed by atoms with E-state index in [1.807, 2.05) is 6.92 Å². The maximum absolute atomic E-state index is 12.7. The fourth-order valence-electron chi connectivity index (χ4n) is 2.27. The molecule has 1 heterocycles. The van der Waals surface area contributed by atoms with E-state index in [9.17, 15) is 14.4 Å². The molecule has 0 fully saturated rings. The fourth-order valence-corrected chi connectivity index (χ4v) is 3.37. The zero-order valence-electron chi connectivity index (χ0n) is 14.4. The molecule has 1 amide bonds. The normalized spacial score (nSPS) is 11.5. The second kappa shape index (κ2) is 7.94. The van der Waals surface area contributed by atoms with Gasteiger partial charge in [-0.15, -0.1) is 11.3 Å². The minimum atomic E-state index is -1.18. The summed E-state index contributed by atoms with van der Waals surface area (Å²) in [6, 6.07) is 8.62. The summed E-state index contributed by atoms with van der Waals surface area (Å²) in [6.07, 6.45) is -1.18. The molecule has 1 N–H and O–H groups in total. The molecule has 132 valence electrons. The number of carbonyl (C=O) groups is 3. The first-order valence-corrected chi connectivity index (χ1v) is 8.38. The van der Waals surface area contributed by atoms with Crippen molar-refractivity contribution in [2.45, 2.75) is 26.9 Å². The van der Waals surface area contributed by atoms with Crippen molar-refractivity contribution in [3.63, 3.8) is 0 Å². The van der Waals surface area contributed by atoms with E-state index in [0.29, 0.717) is 16.1 Å². The molecule has 25 heavy (non-hydrogen) atoms. The Kier molecular flexibility index (Phi) is 5.93. The van der Waals surface area contributed by atoms with E-state index in [1.54, 1.807) is 37.3 Å². The summed E-state index contributed by atoms with van der Waals surface area (Å²) in [4.78, 5) is 37.0. The van der Waals surface area contributed by atoms with Crippen molar-refractivity contribution >= 4 is 34.2 Å². The van der Waals surface area contributed by atoms with Crippen LogP contribution in [-0.4, -0.2) is 25.0 Å². The van der Waals surface area contributed by atoms with Gasteiger partial charge in [0.25, 0.3) is 0 Å². The van der Waals surface area contributed by atoms with Gasteiger partial charge in [-0.05, 0) is 19.4 Å². The van der Waals surface area contributed by atoms with E-state index >= 15 is 0 Å². The van der Waals surface area contributed by atoms with Crippen molar-refractivity contribution in [2.75, 3.05) is 12.4 Å². The van der Waals surface area contributed by atoms with Crippen molar-refractivity contribution in [3.05, 3.63) is 51.9 Å². The molecule has 2 rings (SSSR count). The number of esters is 2. The first-order chi connectivity index (χ1) is 11.8. The second-order valence-corrected chi connectivity index (χ2v) is 6.61. The van der Waals surface area contributed by atoms with E-state index < -0.39 is 18.0 Å². The quantitative estimate of drug-likeness (QED) is 0.826. The van der Waals surface area contributed by atoms with Crippen LogP contribution >= 0.6 is 11.3 Å². The number of amides is 1. The highest BCUT2D eigenvalue weighted by molar-refractivity contribution is 7.16. The largest absolute Gasteiger partial charge is 0.466 e. The van der Waals surface area contributed by atoms with Crippen LogP contribution in [0.15, 0.2) is 30.3 Å². The number of nitrogens with one attached hydrogen (secondary N) is 1. The third kappa shape index (κ3) is 4.24. The van der Waals surface area contributed by atoms with Gasteiger partial charge in [0.05, 0.1) is 12.7 Å². The molecule has 0 aliphatic heterocycles. The number of methoxy groups -OCH3 is 1. The van der Waals surface area contributed by atoms with E-state index in [1.165, 1.54) is 25.4 Å². The van der Waals surface area contributed by atoms with Gasteiger partial charge in [-0.1, -0.05) is 30.3 Å². The van der Waals surface area contributed by atoms with Gasteiger partial charge in [-0.25, -0.2) is 9.59 Å². The summed E-state index contributed by atoms with van der Waals surface area (Å²) in [5.41, 5.74) is 1.46. The Morgan fingerprint density at radius 2 is 1.76 bits per heavy atom. The van der Waals surface area contributed by atoms with Gasteiger partial charge in [0.1, 0.15) is 5.00 Å². The molecule has 7 heteroatoms. The van der Waals surface area contributed by atoms with Gasteiger partial charge < -0.3 is 14.8 Å². The summed E-state index contributed by atoms with van der Waals surface area (Å²) in [6.45, 7) is 4.97. The molecule has 2 aromatic rings.